The van der Waals surface area contributed by atoms with E-state index in [0.717, 1.165) is 5.56 Å². The Morgan fingerprint density at radius 2 is 2.00 bits per heavy atom. The maximum absolute atomic E-state index is 12.6. The van der Waals surface area contributed by atoms with Crippen LogP contribution in [0.5, 0.6) is 5.88 Å². The van der Waals surface area contributed by atoms with Crippen molar-refractivity contribution < 1.29 is 24.1 Å². The molecule has 3 heterocycles. The fourth-order valence-electron chi connectivity index (χ4n) is 3.71. The number of fused-ring (bicyclic) bond motifs is 2. The van der Waals surface area contributed by atoms with Gasteiger partial charge in [-0.2, -0.15) is 0 Å². The Labute approximate surface area is 154 Å². The van der Waals surface area contributed by atoms with Crippen LogP contribution < -0.4 is 4.74 Å². The molecule has 1 aromatic heterocycles. The molecule has 1 N–H and O–H groups in total. The second-order valence-electron chi connectivity index (χ2n) is 7.99. The number of nitrogens with zero attached hydrogens (tertiary/aromatic N) is 2. The van der Waals surface area contributed by atoms with Gasteiger partial charge >= 0.3 is 6.09 Å². The molecule has 3 rings (SSSR count). The lowest BCUT2D eigenvalue weighted by atomic mass is 9.77. The third-order valence-electron chi connectivity index (χ3n) is 4.72. The van der Waals surface area contributed by atoms with E-state index in [4.69, 9.17) is 14.2 Å². The van der Waals surface area contributed by atoms with Crippen LogP contribution in [0.3, 0.4) is 0 Å². The molecule has 0 saturated carbocycles. The number of hydrogen-bond acceptors (Lipinski definition) is 6. The third kappa shape index (κ3) is 3.94. The van der Waals surface area contributed by atoms with Crippen LogP contribution in [-0.4, -0.2) is 58.6 Å². The second kappa shape index (κ2) is 7.04. The summed E-state index contributed by atoms with van der Waals surface area (Å²) in [5, 5.41) is 11.3. The second-order valence-corrected chi connectivity index (χ2v) is 7.99. The standard InChI is InChI=1S/C19H28N2O5/c1-5-25-16-7-6-13(10-20-16)19(23)8-14-11-24-12-15(9-19)21(14)17(22)26-18(2,3)4/h6-7,10,14-15,23H,5,8-9,11-12H2,1-4H3. The molecule has 26 heavy (non-hydrogen) atoms. The van der Waals surface area contributed by atoms with E-state index >= 15 is 0 Å². The molecule has 0 aromatic carbocycles. The number of ether oxygens (including phenoxy) is 3. The van der Waals surface area contributed by atoms with Crippen LogP contribution in [0, 0.1) is 0 Å². The van der Waals surface area contributed by atoms with E-state index in [2.05, 4.69) is 4.98 Å². The lowest BCUT2D eigenvalue weighted by molar-refractivity contribution is -0.141. The SMILES string of the molecule is CCOc1ccc(C2(O)CC3COCC(C2)N3C(=O)OC(C)(C)C)cn1. The number of carbonyl (C=O) groups excluding carboxylic acids is 1. The summed E-state index contributed by atoms with van der Waals surface area (Å²) >= 11 is 0. The van der Waals surface area contributed by atoms with Gasteiger partial charge in [-0.1, -0.05) is 0 Å². The minimum Gasteiger partial charge on any atom is -0.478 e. The van der Waals surface area contributed by atoms with Gasteiger partial charge in [-0.15, -0.1) is 0 Å². The summed E-state index contributed by atoms with van der Waals surface area (Å²) in [5.41, 5.74) is -0.865. The summed E-state index contributed by atoms with van der Waals surface area (Å²) in [4.78, 5) is 18.6. The molecule has 0 spiro atoms. The molecule has 1 amide bonds. The van der Waals surface area contributed by atoms with Gasteiger partial charge in [0.15, 0.2) is 0 Å². The van der Waals surface area contributed by atoms with Crippen molar-refractivity contribution in [1.82, 2.24) is 9.88 Å². The van der Waals surface area contributed by atoms with Gasteiger partial charge in [0, 0.05) is 30.7 Å². The zero-order chi connectivity index (χ0) is 18.9. The van der Waals surface area contributed by atoms with Gasteiger partial charge in [0.25, 0.3) is 0 Å². The molecule has 2 aliphatic heterocycles. The third-order valence-corrected chi connectivity index (χ3v) is 4.72. The number of carbonyl (C=O) groups is 1. The van der Waals surface area contributed by atoms with E-state index in [-0.39, 0.29) is 18.2 Å². The van der Waals surface area contributed by atoms with Crippen molar-refractivity contribution in [3.8, 4) is 5.88 Å². The maximum Gasteiger partial charge on any atom is 0.410 e. The summed E-state index contributed by atoms with van der Waals surface area (Å²) < 4.78 is 16.6. The van der Waals surface area contributed by atoms with Gasteiger partial charge in [0.2, 0.25) is 5.88 Å². The molecule has 0 aliphatic carbocycles. The maximum atomic E-state index is 12.6. The lowest BCUT2D eigenvalue weighted by Gasteiger charge is -2.51. The van der Waals surface area contributed by atoms with Crippen LogP contribution in [0.2, 0.25) is 0 Å². The Hall–Kier alpha value is -1.86. The fourth-order valence-corrected chi connectivity index (χ4v) is 3.71. The Bertz CT molecular complexity index is 626. The van der Waals surface area contributed by atoms with Gasteiger partial charge in [0.1, 0.15) is 5.60 Å². The largest absolute Gasteiger partial charge is 0.478 e. The monoisotopic (exact) mass is 364 g/mol. The van der Waals surface area contributed by atoms with Crippen LogP contribution in [0.15, 0.2) is 18.3 Å². The summed E-state index contributed by atoms with van der Waals surface area (Å²) in [6.07, 6.45) is 2.09. The van der Waals surface area contributed by atoms with Crippen molar-refractivity contribution in [2.24, 2.45) is 0 Å². The van der Waals surface area contributed by atoms with E-state index in [0.29, 0.717) is 38.5 Å². The van der Waals surface area contributed by atoms with Crippen molar-refractivity contribution in [2.45, 2.75) is 63.8 Å². The molecular formula is C19H28N2O5. The first-order chi connectivity index (χ1) is 12.2. The number of rotatable bonds is 3. The summed E-state index contributed by atoms with van der Waals surface area (Å²) in [6, 6.07) is 3.16. The van der Waals surface area contributed by atoms with E-state index in [9.17, 15) is 9.90 Å². The number of aliphatic hydroxyl groups is 1. The van der Waals surface area contributed by atoms with Crippen LogP contribution in [0.25, 0.3) is 0 Å². The molecule has 2 unspecified atom stereocenters. The predicted octanol–water partition coefficient (Wildman–Crippen LogP) is 2.47. The molecule has 7 heteroatoms. The number of piperidine rings is 1. The van der Waals surface area contributed by atoms with Crippen LogP contribution >= 0.6 is 0 Å². The topological polar surface area (TPSA) is 81.1 Å². The Morgan fingerprint density at radius 3 is 2.50 bits per heavy atom. The minimum atomic E-state index is -1.05. The summed E-state index contributed by atoms with van der Waals surface area (Å²) in [6.45, 7) is 8.78. The van der Waals surface area contributed by atoms with Crippen molar-refractivity contribution >= 4 is 6.09 Å². The average Bonchev–Trinajstić information content (AvgIpc) is 2.53. The van der Waals surface area contributed by atoms with Crippen molar-refractivity contribution in [1.29, 1.82) is 0 Å². The van der Waals surface area contributed by atoms with Gasteiger partial charge in [0.05, 0.1) is 37.5 Å². The number of aromatic nitrogens is 1. The molecule has 2 bridgehead atoms. The van der Waals surface area contributed by atoms with Crippen molar-refractivity contribution in [3.63, 3.8) is 0 Å². The molecule has 7 nitrogen and oxygen atoms in total. The molecule has 2 atom stereocenters. The summed E-state index contributed by atoms with van der Waals surface area (Å²) in [7, 11) is 0. The first-order valence-electron chi connectivity index (χ1n) is 9.12. The van der Waals surface area contributed by atoms with E-state index in [1.54, 1.807) is 17.2 Å². The van der Waals surface area contributed by atoms with E-state index in [1.165, 1.54) is 0 Å². The molecule has 0 radical (unpaired) electrons. The van der Waals surface area contributed by atoms with Crippen molar-refractivity contribution in [2.75, 3.05) is 19.8 Å². The minimum absolute atomic E-state index is 0.228. The Balaban J connectivity index is 1.79. The summed E-state index contributed by atoms with van der Waals surface area (Å²) in [5.74, 6) is 0.537. The highest BCUT2D eigenvalue weighted by Gasteiger charge is 2.50. The Kier molecular flexibility index (Phi) is 5.12. The smallest absolute Gasteiger partial charge is 0.410 e. The zero-order valence-corrected chi connectivity index (χ0v) is 15.9. The van der Waals surface area contributed by atoms with Crippen LogP contribution in [0.4, 0.5) is 4.79 Å². The number of hydrogen-bond donors (Lipinski definition) is 1. The fraction of sp³-hybridized carbons (Fsp3) is 0.684. The first kappa shape index (κ1) is 18.9. The average molecular weight is 364 g/mol. The molecule has 2 saturated heterocycles. The zero-order valence-electron chi connectivity index (χ0n) is 15.9. The van der Waals surface area contributed by atoms with Crippen LogP contribution in [0.1, 0.15) is 46.1 Å². The Morgan fingerprint density at radius 1 is 1.35 bits per heavy atom. The van der Waals surface area contributed by atoms with Gasteiger partial charge in [-0.25, -0.2) is 9.78 Å². The highest BCUT2D eigenvalue weighted by Crippen LogP contribution is 2.41. The number of amides is 1. The van der Waals surface area contributed by atoms with E-state index in [1.807, 2.05) is 33.8 Å². The highest BCUT2D eigenvalue weighted by molar-refractivity contribution is 5.69. The first-order valence-corrected chi connectivity index (χ1v) is 9.12. The van der Waals surface area contributed by atoms with Gasteiger partial charge in [-0.05, 0) is 33.8 Å². The molecular weight excluding hydrogens is 336 g/mol. The highest BCUT2D eigenvalue weighted by atomic mass is 16.6. The van der Waals surface area contributed by atoms with Gasteiger partial charge < -0.3 is 19.3 Å². The quantitative estimate of drug-likeness (QED) is 0.887. The molecule has 1 aromatic rings. The number of pyridine rings is 1. The normalized spacial score (nSPS) is 28.6. The molecule has 2 fully saturated rings. The van der Waals surface area contributed by atoms with E-state index < -0.39 is 11.2 Å². The van der Waals surface area contributed by atoms with Crippen LogP contribution in [-0.2, 0) is 15.1 Å². The van der Waals surface area contributed by atoms with Gasteiger partial charge in [-0.3, -0.25) is 4.90 Å². The van der Waals surface area contributed by atoms with Crippen molar-refractivity contribution in [3.05, 3.63) is 23.9 Å². The molecule has 2 aliphatic rings. The number of morpholine rings is 1. The predicted molar refractivity (Wildman–Crippen MR) is 95.0 cm³/mol. The lowest BCUT2D eigenvalue weighted by Crippen LogP contribution is -2.63. The molecule has 144 valence electrons.